The minimum Gasteiger partial charge on any atom is -0.507 e. The van der Waals surface area contributed by atoms with Crippen LogP contribution in [-0.2, 0) is 4.79 Å². The van der Waals surface area contributed by atoms with Crippen LogP contribution >= 0.6 is 0 Å². The van der Waals surface area contributed by atoms with Crippen molar-refractivity contribution in [3.8, 4) is 5.75 Å². The van der Waals surface area contributed by atoms with Crippen LogP contribution in [0.3, 0.4) is 0 Å². The molecule has 2 amide bonds. The number of phenolic OH excluding ortho intramolecular Hbond substituents is 1. The van der Waals surface area contributed by atoms with E-state index in [1.165, 1.54) is 19.2 Å². The molecular weight excluding hydrogens is 251 g/mol. The van der Waals surface area contributed by atoms with Crippen molar-refractivity contribution < 1.29 is 19.1 Å². The molecule has 0 radical (unpaired) electrons. The molecule has 5 nitrogen and oxygen atoms in total. The van der Waals surface area contributed by atoms with Gasteiger partial charge in [-0.2, -0.15) is 0 Å². The van der Waals surface area contributed by atoms with Crippen LogP contribution in [0.2, 0.25) is 0 Å². The molecule has 0 aliphatic heterocycles. The van der Waals surface area contributed by atoms with Gasteiger partial charge in [-0.05, 0) is 26.0 Å². The predicted molar refractivity (Wildman–Crippen MR) is 68.2 cm³/mol. The molecule has 0 aliphatic rings. The quantitative estimate of drug-likeness (QED) is 0.763. The second kappa shape index (κ2) is 5.69. The highest BCUT2D eigenvalue weighted by atomic mass is 19.1. The Hall–Kier alpha value is -2.11. The molecule has 104 valence electrons. The van der Waals surface area contributed by atoms with Crippen LogP contribution in [0.25, 0.3) is 0 Å². The number of hydrogen-bond donors (Lipinski definition) is 3. The third kappa shape index (κ3) is 3.43. The van der Waals surface area contributed by atoms with Gasteiger partial charge < -0.3 is 15.7 Å². The molecular formula is C13H17FN2O3. The SMILES string of the molecule is CNC(=O)C(C)(C)CNC(=O)c1c(O)cccc1F. The summed E-state index contributed by atoms with van der Waals surface area (Å²) in [6.07, 6.45) is 0. The normalized spacial score (nSPS) is 10.9. The summed E-state index contributed by atoms with van der Waals surface area (Å²) in [6, 6.07) is 3.61. The Bertz CT molecular complexity index is 480. The Morgan fingerprint density at radius 3 is 2.53 bits per heavy atom. The number of phenols is 1. The van der Waals surface area contributed by atoms with Gasteiger partial charge in [0.25, 0.3) is 5.91 Å². The molecule has 6 heteroatoms. The van der Waals surface area contributed by atoms with E-state index in [-0.39, 0.29) is 12.5 Å². The van der Waals surface area contributed by atoms with Gasteiger partial charge in [0.2, 0.25) is 5.91 Å². The van der Waals surface area contributed by atoms with Crippen molar-refractivity contribution in [2.24, 2.45) is 5.41 Å². The summed E-state index contributed by atoms with van der Waals surface area (Å²) in [5.41, 5.74) is -1.25. The van der Waals surface area contributed by atoms with Crippen molar-refractivity contribution in [3.63, 3.8) is 0 Å². The fraction of sp³-hybridized carbons (Fsp3) is 0.385. The lowest BCUT2D eigenvalue weighted by molar-refractivity contribution is -0.128. The van der Waals surface area contributed by atoms with Gasteiger partial charge in [0.05, 0.1) is 5.41 Å². The predicted octanol–water partition coefficient (Wildman–Crippen LogP) is 1.03. The molecule has 1 aromatic rings. The number of amides is 2. The summed E-state index contributed by atoms with van der Waals surface area (Å²) in [7, 11) is 1.49. The van der Waals surface area contributed by atoms with E-state index >= 15 is 0 Å². The van der Waals surface area contributed by atoms with E-state index in [0.717, 1.165) is 6.07 Å². The van der Waals surface area contributed by atoms with Gasteiger partial charge in [0.15, 0.2) is 0 Å². The fourth-order valence-corrected chi connectivity index (χ4v) is 1.55. The number of hydrogen-bond acceptors (Lipinski definition) is 3. The fourth-order valence-electron chi connectivity index (χ4n) is 1.55. The molecule has 0 saturated carbocycles. The highest BCUT2D eigenvalue weighted by Crippen LogP contribution is 2.20. The second-order valence-corrected chi connectivity index (χ2v) is 4.78. The number of halogens is 1. The maximum absolute atomic E-state index is 13.4. The van der Waals surface area contributed by atoms with Crippen LogP contribution < -0.4 is 10.6 Å². The van der Waals surface area contributed by atoms with E-state index in [2.05, 4.69) is 10.6 Å². The number of carbonyl (C=O) groups is 2. The van der Waals surface area contributed by atoms with E-state index in [4.69, 9.17) is 0 Å². The summed E-state index contributed by atoms with van der Waals surface area (Å²) in [5, 5.41) is 14.4. The third-order valence-corrected chi connectivity index (χ3v) is 2.75. The standard InChI is InChI=1S/C13H17FN2O3/c1-13(2,12(19)15-3)7-16-11(18)10-8(14)5-4-6-9(10)17/h4-6,17H,7H2,1-3H3,(H,15,19)(H,16,18). The molecule has 0 atom stereocenters. The van der Waals surface area contributed by atoms with Crippen LogP contribution in [0, 0.1) is 11.2 Å². The van der Waals surface area contributed by atoms with Crippen LogP contribution in [0.1, 0.15) is 24.2 Å². The minimum atomic E-state index is -0.828. The van der Waals surface area contributed by atoms with Crippen LogP contribution in [0.5, 0.6) is 5.75 Å². The minimum absolute atomic E-state index is 0.0271. The first-order chi connectivity index (χ1) is 8.79. The van der Waals surface area contributed by atoms with E-state index in [1.807, 2.05) is 0 Å². The van der Waals surface area contributed by atoms with Crippen molar-refractivity contribution in [2.45, 2.75) is 13.8 Å². The first-order valence-electron chi connectivity index (χ1n) is 5.77. The van der Waals surface area contributed by atoms with Gasteiger partial charge in [0.1, 0.15) is 17.1 Å². The lowest BCUT2D eigenvalue weighted by Gasteiger charge is -2.22. The second-order valence-electron chi connectivity index (χ2n) is 4.78. The lowest BCUT2D eigenvalue weighted by Crippen LogP contribution is -2.43. The zero-order valence-electron chi connectivity index (χ0n) is 11.1. The highest BCUT2D eigenvalue weighted by Gasteiger charge is 2.28. The molecule has 3 N–H and O–H groups in total. The summed E-state index contributed by atoms with van der Waals surface area (Å²) in [6.45, 7) is 3.32. The number of rotatable bonds is 4. The molecule has 0 bridgehead atoms. The zero-order valence-corrected chi connectivity index (χ0v) is 11.1. The lowest BCUT2D eigenvalue weighted by atomic mass is 9.92. The Morgan fingerprint density at radius 2 is 2.00 bits per heavy atom. The van der Waals surface area contributed by atoms with Gasteiger partial charge in [-0.15, -0.1) is 0 Å². The molecule has 0 spiro atoms. The molecule has 0 aliphatic carbocycles. The Labute approximate surface area is 110 Å². The molecule has 0 unspecified atom stereocenters. The van der Waals surface area contributed by atoms with E-state index in [1.54, 1.807) is 13.8 Å². The van der Waals surface area contributed by atoms with Gasteiger partial charge in [-0.1, -0.05) is 6.07 Å². The van der Waals surface area contributed by atoms with Crippen molar-refractivity contribution >= 4 is 11.8 Å². The molecule has 0 fully saturated rings. The maximum Gasteiger partial charge on any atom is 0.258 e. The average Bonchev–Trinajstić information content (AvgIpc) is 2.35. The van der Waals surface area contributed by atoms with Gasteiger partial charge in [-0.25, -0.2) is 4.39 Å². The molecule has 19 heavy (non-hydrogen) atoms. The monoisotopic (exact) mass is 268 g/mol. The van der Waals surface area contributed by atoms with Gasteiger partial charge in [-0.3, -0.25) is 9.59 Å². The maximum atomic E-state index is 13.4. The van der Waals surface area contributed by atoms with E-state index in [0.29, 0.717) is 0 Å². The molecule has 1 rings (SSSR count). The molecule has 0 saturated heterocycles. The Balaban J connectivity index is 2.79. The topological polar surface area (TPSA) is 78.4 Å². The first-order valence-corrected chi connectivity index (χ1v) is 5.77. The van der Waals surface area contributed by atoms with Crippen LogP contribution in [0.4, 0.5) is 4.39 Å². The van der Waals surface area contributed by atoms with Crippen LogP contribution in [0.15, 0.2) is 18.2 Å². The smallest absolute Gasteiger partial charge is 0.258 e. The average molecular weight is 268 g/mol. The summed E-state index contributed by atoms with van der Waals surface area (Å²) in [5.74, 6) is -2.25. The molecule has 0 aromatic heterocycles. The van der Waals surface area contributed by atoms with Gasteiger partial charge >= 0.3 is 0 Å². The third-order valence-electron chi connectivity index (χ3n) is 2.75. The summed E-state index contributed by atoms with van der Waals surface area (Å²) < 4.78 is 13.4. The Kier molecular flexibility index (Phi) is 4.47. The molecule has 1 aromatic carbocycles. The largest absolute Gasteiger partial charge is 0.507 e. The first kappa shape index (κ1) is 14.9. The van der Waals surface area contributed by atoms with E-state index in [9.17, 15) is 19.1 Å². The number of carbonyl (C=O) groups excluding carboxylic acids is 2. The number of nitrogens with one attached hydrogen (secondary N) is 2. The van der Waals surface area contributed by atoms with Crippen molar-refractivity contribution in [3.05, 3.63) is 29.6 Å². The van der Waals surface area contributed by atoms with Crippen molar-refractivity contribution in [1.29, 1.82) is 0 Å². The van der Waals surface area contributed by atoms with Gasteiger partial charge in [0, 0.05) is 13.6 Å². The highest BCUT2D eigenvalue weighted by molar-refractivity contribution is 5.97. The Morgan fingerprint density at radius 1 is 1.37 bits per heavy atom. The number of aromatic hydroxyl groups is 1. The molecule has 0 heterocycles. The van der Waals surface area contributed by atoms with Crippen LogP contribution in [-0.4, -0.2) is 30.5 Å². The van der Waals surface area contributed by atoms with E-state index < -0.39 is 28.5 Å². The van der Waals surface area contributed by atoms with Crippen molar-refractivity contribution in [2.75, 3.05) is 13.6 Å². The summed E-state index contributed by atoms with van der Waals surface area (Å²) in [4.78, 5) is 23.3. The number of benzene rings is 1. The zero-order chi connectivity index (χ0) is 14.6. The summed E-state index contributed by atoms with van der Waals surface area (Å²) >= 11 is 0. The van der Waals surface area contributed by atoms with Crippen molar-refractivity contribution in [1.82, 2.24) is 10.6 Å².